The molecule has 9 nitrogen and oxygen atoms in total. The molecule has 9 heteroatoms. The number of fused-ring (bicyclic) bond motifs is 1. The van der Waals surface area contributed by atoms with Gasteiger partial charge in [0.25, 0.3) is 0 Å². The minimum absolute atomic E-state index is 0.204. The van der Waals surface area contributed by atoms with E-state index in [1.54, 1.807) is 12.3 Å². The molecule has 2 aliphatic carbocycles. The van der Waals surface area contributed by atoms with Crippen molar-refractivity contribution in [3.05, 3.63) is 112 Å². The van der Waals surface area contributed by atoms with E-state index in [9.17, 15) is 24.6 Å². The van der Waals surface area contributed by atoms with Crippen molar-refractivity contribution in [2.75, 3.05) is 0 Å². The quantitative estimate of drug-likeness (QED) is 0.151. The molecule has 3 aromatic carbocycles. The van der Waals surface area contributed by atoms with Gasteiger partial charge in [0.2, 0.25) is 5.43 Å². The molecule has 0 aliphatic heterocycles. The van der Waals surface area contributed by atoms with Crippen LogP contribution in [0.4, 0.5) is 9.59 Å². The second-order valence-electron chi connectivity index (χ2n) is 11.9. The molecule has 0 spiro atoms. The van der Waals surface area contributed by atoms with Gasteiger partial charge in [-0.3, -0.25) is 9.78 Å². The van der Waals surface area contributed by atoms with Crippen LogP contribution in [0.2, 0.25) is 0 Å². The maximum atomic E-state index is 14.3. The Morgan fingerprint density at radius 1 is 0.689 bits per heavy atom. The van der Waals surface area contributed by atoms with Crippen molar-refractivity contribution in [1.82, 2.24) is 15.6 Å². The van der Waals surface area contributed by atoms with Gasteiger partial charge in [-0.1, -0.05) is 78.9 Å². The summed E-state index contributed by atoms with van der Waals surface area (Å²) in [4.78, 5) is 41.9. The molecule has 2 heterocycles. The molecule has 7 rings (SSSR count). The van der Waals surface area contributed by atoms with Gasteiger partial charge < -0.3 is 25.3 Å². The highest BCUT2D eigenvalue weighted by atomic mass is 16.4. The molecule has 0 saturated heterocycles. The Morgan fingerprint density at radius 3 is 1.71 bits per heavy atom. The first kappa shape index (κ1) is 28.3. The van der Waals surface area contributed by atoms with Gasteiger partial charge in [0.1, 0.15) is 11.5 Å². The van der Waals surface area contributed by atoms with Crippen LogP contribution in [0.5, 0.6) is 0 Å². The first-order valence-electron chi connectivity index (χ1n) is 15.0. The predicted molar refractivity (Wildman–Crippen MR) is 170 cm³/mol. The lowest BCUT2D eigenvalue weighted by atomic mass is 9.71. The van der Waals surface area contributed by atoms with Crippen molar-refractivity contribution >= 4 is 23.2 Å². The summed E-state index contributed by atoms with van der Waals surface area (Å²) >= 11 is 0. The number of rotatable bonds is 7. The first-order chi connectivity index (χ1) is 21.8. The number of nitrogens with zero attached hydrogens (tertiary/aromatic N) is 1. The van der Waals surface area contributed by atoms with Crippen LogP contribution in [0, 0.1) is 0 Å². The second-order valence-corrected chi connectivity index (χ2v) is 11.9. The van der Waals surface area contributed by atoms with Gasteiger partial charge in [-0.05, 0) is 61.3 Å². The first-order valence-corrected chi connectivity index (χ1v) is 15.0. The van der Waals surface area contributed by atoms with Crippen LogP contribution in [-0.4, -0.2) is 27.4 Å². The number of aromatic nitrogens is 1. The number of amides is 2. The molecule has 2 saturated carbocycles. The molecule has 0 radical (unpaired) electrons. The standard InChI is InChI=1S/C36H31N3O6/c40-30-27-16-21-37-29(23-10-14-26(15-11-23)36(19-5-20-36)39-34(43)44)32(27)45-31(24-6-2-1-3-7-24)28(30)22-8-12-25(13-9-22)35(17-4-18-35)38-33(41)42/h1-3,6-16,21,38-39H,4-5,17-20H2,(H,41,42)(H,43,44). The van der Waals surface area contributed by atoms with Gasteiger partial charge in [0.05, 0.1) is 22.0 Å². The number of carboxylic acid groups (broad SMARTS) is 2. The smallest absolute Gasteiger partial charge is 0.405 e. The molecule has 2 amide bonds. The van der Waals surface area contributed by atoms with Crippen LogP contribution < -0.4 is 16.1 Å². The van der Waals surface area contributed by atoms with Crippen molar-refractivity contribution in [1.29, 1.82) is 0 Å². The summed E-state index contributed by atoms with van der Waals surface area (Å²) in [6.45, 7) is 0. The van der Waals surface area contributed by atoms with E-state index in [1.807, 2.05) is 78.9 Å². The van der Waals surface area contributed by atoms with E-state index in [1.165, 1.54) is 0 Å². The Balaban J connectivity index is 1.34. The third-order valence-corrected chi connectivity index (χ3v) is 9.39. The normalized spacial score (nSPS) is 16.3. The highest BCUT2D eigenvalue weighted by Crippen LogP contribution is 2.44. The molecule has 2 fully saturated rings. The average Bonchev–Trinajstić information content (AvgIpc) is 3.01. The maximum Gasteiger partial charge on any atom is 0.405 e. The Hall–Kier alpha value is -5.44. The Labute approximate surface area is 258 Å². The van der Waals surface area contributed by atoms with Crippen molar-refractivity contribution in [3.8, 4) is 33.7 Å². The van der Waals surface area contributed by atoms with E-state index in [-0.39, 0.29) is 5.43 Å². The topological polar surface area (TPSA) is 142 Å². The second kappa shape index (κ2) is 10.9. The summed E-state index contributed by atoms with van der Waals surface area (Å²) in [6, 6.07) is 26.2. The van der Waals surface area contributed by atoms with Crippen LogP contribution in [-0.2, 0) is 11.1 Å². The van der Waals surface area contributed by atoms with Crippen LogP contribution in [0.15, 0.2) is 100 Å². The molecule has 2 aliphatic rings. The van der Waals surface area contributed by atoms with E-state index < -0.39 is 23.3 Å². The summed E-state index contributed by atoms with van der Waals surface area (Å²) < 4.78 is 6.62. The van der Waals surface area contributed by atoms with Gasteiger partial charge in [0, 0.05) is 17.3 Å². The van der Waals surface area contributed by atoms with E-state index in [4.69, 9.17) is 4.42 Å². The predicted octanol–water partition coefficient (Wildman–Crippen LogP) is 7.48. The Morgan fingerprint density at radius 2 is 1.22 bits per heavy atom. The van der Waals surface area contributed by atoms with E-state index in [0.717, 1.165) is 60.8 Å². The highest BCUT2D eigenvalue weighted by molar-refractivity contribution is 5.95. The van der Waals surface area contributed by atoms with Gasteiger partial charge in [-0.25, -0.2) is 9.59 Å². The molecule has 5 aromatic rings. The minimum atomic E-state index is -1.06. The zero-order chi connectivity index (χ0) is 31.2. The number of hydrogen-bond acceptors (Lipinski definition) is 5. The number of nitrogens with one attached hydrogen (secondary N) is 2. The summed E-state index contributed by atoms with van der Waals surface area (Å²) in [5.41, 5.74) is 3.76. The third-order valence-electron chi connectivity index (χ3n) is 9.39. The van der Waals surface area contributed by atoms with E-state index in [0.29, 0.717) is 33.6 Å². The van der Waals surface area contributed by atoms with Gasteiger partial charge >= 0.3 is 12.2 Å². The zero-order valence-corrected chi connectivity index (χ0v) is 24.4. The zero-order valence-electron chi connectivity index (χ0n) is 24.4. The molecule has 2 aromatic heterocycles. The van der Waals surface area contributed by atoms with Gasteiger partial charge in [-0.2, -0.15) is 0 Å². The largest absolute Gasteiger partial charge is 0.465 e. The summed E-state index contributed by atoms with van der Waals surface area (Å²) in [6.07, 6.45) is 4.30. The lowest BCUT2D eigenvalue weighted by Crippen LogP contribution is -2.50. The molecule has 0 bridgehead atoms. The highest BCUT2D eigenvalue weighted by Gasteiger charge is 2.41. The molecule has 45 heavy (non-hydrogen) atoms. The van der Waals surface area contributed by atoms with Crippen molar-refractivity contribution < 1.29 is 24.2 Å². The molecule has 4 N–H and O–H groups in total. The summed E-state index contributed by atoms with van der Waals surface area (Å²) in [7, 11) is 0. The third kappa shape index (κ3) is 4.90. The molecule has 0 atom stereocenters. The number of hydrogen-bond donors (Lipinski definition) is 4. The minimum Gasteiger partial charge on any atom is -0.465 e. The average molecular weight is 602 g/mol. The number of pyridine rings is 1. The fourth-order valence-corrected chi connectivity index (χ4v) is 6.73. The Kier molecular flexibility index (Phi) is 6.88. The lowest BCUT2D eigenvalue weighted by molar-refractivity contribution is 0.143. The summed E-state index contributed by atoms with van der Waals surface area (Å²) in [5.74, 6) is 0.410. The molecule has 0 unspecified atom stereocenters. The monoisotopic (exact) mass is 601 g/mol. The van der Waals surface area contributed by atoms with E-state index >= 15 is 0 Å². The molecular formula is C36H31N3O6. The Bertz CT molecular complexity index is 1980. The van der Waals surface area contributed by atoms with Gasteiger partial charge in [-0.15, -0.1) is 0 Å². The van der Waals surface area contributed by atoms with Crippen LogP contribution in [0.3, 0.4) is 0 Å². The number of carbonyl (C=O) groups is 2. The fourth-order valence-electron chi connectivity index (χ4n) is 6.73. The summed E-state index contributed by atoms with van der Waals surface area (Å²) in [5, 5.41) is 24.6. The fraction of sp³-hybridized carbons (Fsp3) is 0.222. The van der Waals surface area contributed by atoms with E-state index in [2.05, 4.69) is 15.6 Å². The number of benzene rings is 3. The van der Waals surface area contributed by atoms with Crippen molar-refractivity contribution in [3.63, 3.8) is 0 Å². The van der Waals surface area contributed by atoms with Crippen molar-refractivity contribution in [2.24, 2.45) is 0 Å². The maximum absolute atomic E-state index is 14.3. The van der Waals surface area contributed by atoms with Crippen LogP contribution in [0.1, 0.15) is 49.7 Å². The molecular weight excluding hydrogens is 570 g/mol. The van der Waals surface area contributed by atoms with Crippen molar-refractivity contribution in [2.45, 2.75) is 49.6 Å². The van der Waals surface area contributed by atoms with Crippen LogP contribution >= 0.6 is 0 Å². The lowest BCUT2D eigenvalue weighted by Gasteiger charge is -2.42. The van der Waals surface area contributed by atoms with Gasteiger partial charge in [0.15, 0.2) is 5.58 Å². The van der Waals surface area contributed by atoms with Crippen LogP contribution in [0.25, 0.3) is 44.7 Å². The molecule has 226 valence electrons. The SMILES string of the molecule is O=C(O)NC1(c2ccc(-c3c(-c4ccccc4)oc4c(-c5ccc(C6(NC(=O)O)CCC6)cc5)nccc4c3=O)cc2)CCC1.